The lowest BCUT2D eigenvalue weighted by Crippen LogP contribution is -2.41. The van der Waals surface area contributed by atoms with Crippen LogP contribution in [0.3, 0.4) is 0 Å². The molecule has 1 rings (SSSR count). The normalized spacial score (nSPS) is 12.4. The highest BCUT2D eigenvalue weighted by atomic mass is 35.5. The number of aromatic nitrogens is 1. The van der Waals surface area contributed by atoms with Gasteiger partial charge in [0.05, 0.1) is 5.02 Å². The summed E-state index contributed by atoms with van der Waals surface area (Å²) in [5.41, 5.74) is 0.375. The van der Waals surface area contributed by atoms with Gasteiger partial charge in [0, 0.05) is 12.2 Å². The van der Waals surface area contributed by atoms with Gasteiger partial charge in [0.15, 0.2) is 0 Å². The van der Waals surface area contributed by atoms with Crippen molar-refractivity contribution in [1.82, 2.24) is 9.88 Å². The molecule has 5 nitrogen and oxygen atoms in total. The Morgan fingerprint density at radius 1 is 1.50 bits per heavy atom. The molecule has 0 aromatic carbocycles. The van der Waals surface area contributed by atoms with Gasteiger partial charge in [-0.25, -0.2) is 4.79 Å². The Balaban J connectivity index is 2.86. The van der Waals surface area contributed by atoms with Gasteiger partial charge in [-0.2, -0.15) is 11.8 Å². The number of aliphatic carboxylic acids is 1. The number of nitrogens with zero attached hydrogens (tertiary/aromatic N) is 1. The number of hydrogen-bond donors (Lipinski definition) is 2. The number of carbonyl (C=O) groups excluding carboxylic acids is 1. The van der Waals surface area contributed by atoms with Crippen molar-refractivity contribution in [3.63, 3.8) is 0 Å². The van der Waals surface area contributed by atoms with Gasteiger partial charge in [0.25, 0.3) is 5.91 Å². The largest absolute Gasteiger partial charge is 0.480 e. The van der Waals surface area contributed by atoms with E-state index >= 15 is 0 Å². The van der Waals surface area contributed by atoms with E-state index in [9.17, 15) is 9.59 Å². The van der Waals surface area contributed by atoms with E-state index in [1.807, 2.05) is 20.1 Å². The molecule has 112 valence electrons. The molecule has 0 unspecified atom stereocenters. The molecule has 0 aliphatic carbocycles. The SMILES string of the molecule is CSCC[C@@H](NC(=O)c1cc(Cl)cn1C(C)C)C(=O)O. The Morgan fingerprint density at radius 2 is 2.15 bits per heavy atom. The highest BCUT2D eigenvalue weighted by molar-refractivity contribution is 7.98. The third-order valence-electron chi connectivity index (χ3n) is 2.82. The molecule has 1 aromatic heterocycles. The Hall–Kier alpha value is -1.14. The summed E-state index contributed by atoms with van der Waals surface area (Å²) in [7, 11) is 0. The molecule has 1 aromatic rings. The number of carboxylic acids is 1. The fourth-order valence-electron chi connectivity index (χ4n) is 1.78. The summed E-state index contributed by atoms with van der Waals surface area (Å²) >= 11 is 7.46. The van der Waals surface area contributed by atoms with E-state index in [4.69, 9.17) is 16.7 Å². The predicted octanol–water partition coefficient (Wildman–Crippen LogP) is 2.66. The van der Waals surface area contributed by atoms with Crippen LogP contribution >= 0.6 is 23.4 Å². The van der Waals surface area contributed by atoms with Crippen LogP contribution in [0.25, 0.3) is 0 Å². The number of hydrogen-bond acceptors (Lipinski definition) is 3. The second kappa shape index (κ2) is 7.59. The highest BCUT2D eigenvalue weighted by Crippen LogP contribution is 2.19. The first-order chi connectivity index (χ1) is 9.36. The summed E-state index contributed by atoms with van der Waals surface area (Å²) in [5.74, 6) is -0.774. The molecule has 1 heterocycles. The lowest BCUT2D eigenvalue weighted by atomic mass is 10.2. The first kappa shape index (κ1) is 16.9. The van der Waals surface area contributed by atoms with Crippen LogP contribution in [0.1, 0.15) is 36.8 Å². The summed E-state index contributed by atoms with van der Waals surface area (Å²) in [6, 6.07) is 0.728. The zero-order chi connectivity index (χ0) is 15.3. The lowest BCUT2D eigenvalue weighted by Gasteiger charge is -2.16. The molecular weight excluding hydrogens is 300 g/mol. The summed E-state index contributed by atoms with van der Waals surface area (Å²) in [4.78, 5) is 23.3. The number of halogens is 1. The minimum absolute atomic E-state index is 0.0673. The van der Waals surface area contributed by atoms with Crippen molar-refractivity contribution in [2.24, 2.45) is 0 Å². The van der Waals surface area contributed by atoms with E-state index in [1.165, 1.54) is 0 Å². The van der Waals surface area contributed by atoms with Crippen LogP contribution < -0.4 is 5.32 Å². The van der Waals surface area contributed by atoms with Crippen molar-refractivity contribution in [1.29, 1.82) is 0 Å². The summed E-state index contributed by atoms with van der Waals surface area (Å²) < 4.78 is 1.73. The van der Waals surface area contributed by atoms with E-state index in [0.29, 0.717) is 22.9 Å². The molecule has 0 fully saturated rings. The molecule has 0 spiro atoms. The maximum Gasteiger partial charge on any atom is 0.326 e. The van der Waals surface area contributed by atoms with E-state index in [2.05, 4.69) is 5.32 Å². The molecule has 0 aliphatic heterocycles. The van der Waals surface area contributed by atoms with Crippen LogP contribution in [0, 0.1) is 0 Å². The van der Waals surface area contributed by atoms with Crippen LogP contribution in [-0.2, 0) is 4.79 Å². The number of nitrogens with one attached hydrogen (secondary N) is 1. The molecular formula is C13H19ClN2O3S. The zero-order valence-corrected chi connectivity index (χ0v) is 13.3. The van der Waals surface area contributed by atoms with Gasteiger partial charge >= 0.3 is 5.97 Å². The predicted molar refractivity (Wildman–Crippen MR) is 81.7 cm³/mol. The molecule has 1 atom stereocenters. The monoisotopic (exact) mass is 318 g/mol. The number of carboxylic acid groups (broad SMARTS) is 1. The fourth-order valence-corrected chi connectivity index (χ4v) is 2.46. The number of thioether (sulfide) groups is 1. The van der Waals surface area contributed by atoms with Crippen LogP contribution in [0.5, 0.6) is 0 Å². The van der Waals surface area contributed by atoms with Crippen molar-refractivity contribution in [2.45, 2.75) is 32.4 Å². The first-order valence-corrected chi connectivity index (χ1v) is 8.04. The second-order valence-electron chi connectivity index (χ2n) is 4.69. The average Bonchev–Trinajstić information content (AvgIpc) is 2.76. The van der Waals surface area contributed by atoms with Crippen LogP contribution in [0.4, 0.5) is 0 Å². The number of carbonyl (C=O) groups is 2. The van der Waals surface area contributed by atoms with Crippen molar-refractivity contribution >= 4 is 35.2 Å². The summed E-state index contributed by atoms with van der Waals surface area (Å²) in [6.45, 7) is 3.85. The smallest absolute Gasteiger partial charge is 0.326 e. The minimum Gasteiger partial charge on any atom is -0.480 e. The van der Waals surface area contributed by atoms with Gasteiger partial charge in [-0.1, -0.05) is 11.6 Å². The highest BCUT2D eigenvalue weighted by Gasteiger charge is 2.22. The Morgan fingerprint density at radius 3 is 2.65 bits per heavy atom. The van der Waals surface area contributed by atoms with Crippen LogP contribution in [-0.4, -0.2) is 39.6 Å². The Kier molecular flexibility index (Phi) is 6.42. The van der Waals surface area contributed by atoms with E-state index in [0.717, 1.165) is 0 Å². The molecule has 2 N–H and O–H groups in total. The molecule has 0 radical (unpaired) electrons. The van der Waals surface area contributed by atoms with Crippen molar-refractivity contribution in [3.05, 3.63) is 23.0 Å². The molecule has 0 saturated carbocycles. The topological polar surface area (TPSA) is 71.3 Å². The van der Waals surface area contributed by atoms with Gasteiger partial charge in [-0.05, 0) is 38.3 Å². The maximum absolute atomic E-state index is 12.2. The number of amides is 1. The molecule has 7 heteroatoms. The van der Waals surface area contributed by atoms with Gasteiger partial charge < -0.3 is 15.0 Å². The Bertz CT molecular complexity index is 488. The summed E-state index contributed by atoms with van der Waals surface area (Å²) in [5, 5.41) is 12.1. The van der Waals surface area contributed by atoms with E-state index < -0.39 is 17.9 Å². The third-order valence-corrected chi connectivity index (χ3v) is 3.67. The van der Waals surface area contributed by atoms with Crippen LogP contribution in [0.15, 0.2) is 12.3 Å². The Labute approximate surface area is 127 Å². The lowest BCUT2D eigenvalue weighted by molar-refractivity contribution is -0.139. The quantitative estimate of drug-likeness (QED) is 0.810. The molecule has 1 amide bonds. The van der Waals surface area contributed by atoms with Gasteiger partial charge in [0.2, 0.25) is 0 Å². The second-order valence-corrected chi connectivity index (χ2v) is 6.11. The molecule has 0 aliphatic rings. The van der Waals surface area contributed by atoms with Crippen molar-refractivity contribution < 1.29 is 14.7 Å². The first-order valence-electron chi connectivity index (χ1n) is 6.26. The van der Waals surface area contributed by atoms with Gasteiger partial charge in [-0.15, -0.1) is 0 Å². The third kappa shape index (κ3) is 4.45. The van der Waals surface area contributed by atoms with Crippen LogP contribution in [0.2, 0.25) is 5.02 Å². The average molecular weight is 319 g/mol. The maximum atomic E-state index is 12.2. The molecule has 20 heavy (non-hydrogen) atoms. The molecule has 0 saturated heterocycles. The standard InChI is InChI=1S/C13H19ClN2O3S/c1-8(2)16-7-9(14)6-11(16)12(17)15-10(13(18)19)4-5-20-3/h6-8,10H,4-5H2,1-3H3,(H,15,17)(H,18,19)/t10-/m1/s1. The van der Waals surface area contributed by atoms with Crippen molar-refractivity contribution in [3.8, 4) is 0 Å². The summed E-state index contributed by atoms with van der Waals surface area (Å²) in [6.07, 6.45) is 3.95. The van der Waals surface area contributed by atoms with Gasteiger partial charge in [-0.3, -0.25) is 4.79 Å². The van der Waals surface area contributed by atoms with E-state index in [-0.39, 0.29) is 6.04 Å². The van der Waals surface area contributed by atoms with Crippen molar-refractivity contribution in [2.75, 3.05) is 12.0 Å². The molecule has 0 bridgehead atoms. The zero-order valence-electron chi connectivity index (χ0n) is 11.7. The van der Waals surface area contributed by atoms with Gasteiger partial charge in [0.1, 0.15) is 11.7 Å². The fraction of sp³-hybridized carbons (Fsp3) is 0.538. The van der Waals surface area contributed by atoms with E-state index in [1.54, 1.807) is 28.6 Å². The number of rotatable bonds is 7. The minimum atomic E-state index is -1.03.